The molecule has 1 saturated heterocycles. The highest BCUT2D eigenvalue weighted by Crippen LogP contribution is 2.22. The second-order valence-electron chi connectivity index (χ2n) is 4.67. The molecule has 7 heteroatoms. The number of amides is 1. The van der Waals surface area contributed by atoms with E-state index in [1.165, 1.54) is 11.0 Å². The van der Waals surface area contributed by atoms with E-state index < -0.39 is 11.0 Å². The highest BCUT2D eigenvalue weighted by atomic mass is 16.6. The van der Waals surface area contributed by atoms with Gasteiger partial charge in [-0.05, 0) is 12.5 Å². The van der Waals surface area contributed by atoms with E-state index in [0.29, 0.717) is 25.1 Å². The van der Waals surface area contributed by atoms with Crippen LogP contribution in [0.4, 0.5) is 5.69 Å². The Morgan fingerprint density at radius 2 is 2.38 bits per heavy atom. The molecule has 1 aromatic carbocycles. The van der Waals surface area contributed by atoms with Crippen molar-refractivity contribution in [3.8, 4) is 6.07 Å². The van der Waals surface area contributed by atoms with Gasteiger partial charge in [-0.25, -0.2) is 0 Å². The van der Waals surface area contributed by atoms with Crippen LogP contribution in [0.2, 0.25) is 0 Å². The number of nitro groups is 1. The van der Waals surface area contributed by atoms with Gasteiger partial charge in [-0.15, -0.1) is 0 Å². The van der Waals surface area contributed by atoms with Gasteiger partial charge in [0.25, 0.3) is 11.6 Å². The topological polar surface area (TPSA) is 96.5 Å². The van der Waals surface area contributed by atoms with E-state index in [1.54, 1.807) is 12.1 Å². The molecule has 1 atom stereocenters. The maximum absolute atomic E-state index is 12.4. The maximum atomic E-state index is 12.4. The third-order valence-corrected chi connectivity index (χ3v) is 3.45. The minimum atomic E-state index is -0.656. The Hall–Kier alpha value is -2.46. The fourth-order valence-electron chi connectivity index (χ4n) is 2.29. The zero-order chi connectivity index (χ0) is 15.4. The van der Waals surface area contributed by atoms with Gasteiger partial charge in [0, 0.05) is 23.7 Å². The van der Waals surface area contributed by atoms with Gasteiger partial charge in [0.1, 0.15) is 6.04 Å². The van der Waals surface area contributed by atoms with Crippen molar-refractivity contribution in [3.63, 3.8) is 0 Å². The average Bonchev–Trinajstić information content (AvgIpc) is 2.53. The molecule has 0 unspecified atom stereocenters. The van der Waals surface area contributed by atoms with E-state index in [9.17, 15) is 14.9 Å². The minimum Gasteiger partial charge on any atom is -0.376 e. The number of ether oxygens (including phenoxy) is 1. The van der Waals surface area contributed by atoms with Crippen molar-refractivity contribution in [3.05, 3.63) is 39.4 Å². The third kappa shape index (κ3) is 3.01. The minimum absolute atomic E-state index is 0.0647. The standard InChI is InChI=1S/C14H15N3O4/c1-2-10-3-4-11(7-13(10)17(19)20)14(18)16-5-6-21-9-12(16)8-15/h3-4,7,12H,2,5-6,9H2,1H3/t12-/m1/s1. The van der Waals surface area contributed by atoms with Crippen molar-refractivity contribution < 1.29 is 14.5 Å². The van der Waals surface area contributed by atoms with Gasteiger partial charge in [0.05, 0.1) is 24.2 Å². The summed E-state index contributed by atoms with van der Waals surface area (Å²) < 4.78 is 5.16. The van der Waals surface area contributed by atoms with Gasteiger partial charge in [-0.1, -0.05) is 13.0 Å². The van der Waals surface area contributed by atoms with Crippen LogP contribution >= 0.6 is 0 Å². The molecule has 7 nitrogen and oxygen atoms in total. The lowest BCUT2D eigenvalue weighted by molar-refractivity contribution is -0.385. The van der Waals surface area contributed by atoms with Crippen molar-refractivity contribution in [1.82, 2.24) is 4.90 Å². The monoisotopic (exact) mass is 289 g/mol. The van der Waals surface area contributed by atoms with Crippen molar-refractivity contribution in [2.45, 2.75) is 19.4 Å². The lowest BCUT2D eigenvalue weighted by atomic mass is 10.1. The highest BCUT2D eigenvalue weighted by molar-refractivity contribution is 5.95. The number of carbonyl (C=O) groups is 1. The van der Waals surface area contributed by atoms with Crippen LogP contribution in [0.3, 0.4) is 0 Å². The molecule has 0 saturated carbocycles. The van der Waals surface area contributed by atoms with Crippen LogP contribution in [0.15, 0.2) is 18.2 Å². The van der Waals surface area contributed by atoms with Crippen molar-refractivity contribution >= 4 is 11.6 Å². The summed E-state index contributed by atoms with van der Waals surface area (Å²) in [6, 6.07) is 5.80. The third-order valence-electron chi connectivity index (χ3n) is 3.45. The molecule has 0 N–H and O–H groups in total. The Balaban J connectivity index is 2.33. The Morgan fingerprint density at radius 1 is 1.62 bits per heavy atom. The van der Waals surface area contributed by atoms with E-state index in [2.05, 4.69) is 0 Å². The first-order valence-corrected chi connectivity index (χ1v) is 6.64. The van der Waals surface area contributed by atoms with Crippen LogP contribution in [0.5, 0.6) is 0 Å². The zero-order valence-electron chi connectivity index (χ0n) is 11.6. The lowest BCUT2D eigenvalue weighted by Gasteiger charge is -2.31. The van der Waals surface area contributed by atoms with E-state index in [1.807, 2.05) is 13.0 Å². The Bertz CT molecular complexity index is 609. The Labute approximate surface area is 121 Å². The van der Waals surface area contributed by atoms with Crippen LogP contribution in [0.25, 0.3) is 0 Å². The number of aryl methyl sites for hydroxylation is 1. The molecule has 1 fully saturated rings. The van der Waals surface area contributed by atoms with Crippen LogP contribution < -0.4 is 0 Å². The summed E-state index contributed by atoms with van der Waals surface area (Å²) in [7, 11) is 0. The summed E-state index contributed by atoms with van der Waals surface area (Å²) >= 11 is 0. The number of hydrogen-bond donors (Lipinski definition) is 0. The van der Waals surface area contributed by atoms with Crippen molar-refractivity contribution in [2.75, 3.05) is 19.8 Å². The first kappa shape index (κ1) is 14.9. The SMILES string of the molecule is CCc1ccc(C(=O)N2CCOC[C@H]2C#N)cc1[N+](=O)[O-]. The van der Waals surface area contributed by atoms with E-state index >= 15 is 0 Å². The lowest BCUT2D eigenvalue weighted by Crippen LogP contribution is -2.48. The molecule has 0 aliphatic carbocycles. The summed E-state index contributed by atoms with van der Waals surface area (Å²) in [6.45, 7) is 2.65. The first-order chi connectivity index (χ1) is 10.1. The number of nitrogens with zero attached hydrogens (tertiary/aromatic N) is 3. The number of morpholine rings is 1. The molecule has 0 aromatic heterocycles. The summed E-state index contributed by atoms with van der Waals surface area (Å²) in [5.74, 6) is -0.379. The predicted molar refractivity (Wildman–Crippen MR) is 73.7 cm³/mol. The van der Waals surface area contributed by atoms with E-state index in [0.717, 1.165) is 0 Å². The van der Waals surface area contributed by atoms with Gasteiger partial charge >= 0.3 is 0 Å². The summed E-state index contributed by atoms with van der Waals surface area (Å²) in [5, 5.41) is 20.1. The largest absolute Gasteiger partial charge is 0.376 e. The molecule has 1 heterocycles. The number of nitro benzene ring substituents is 1. The molecule has 110 valence electrons. The van der Waals surface area contributed by atoms with Crippen LogP contribution in [0.1, 0.15) is 22.8 Å². The molecule has 21 heavy (non-hydrogen) atoms. The number of rotatable bonds is 3. The van der Waals surface area contributed by atoms with E-state index in [4.69, 9.17) is 10.00 Å². The fraction of sp³-hybridized carbons (Fsp3) is 0.429. The van der Waals surface area contributed by atoms with Crippen molar-refractivity contribution in [1.29, 1.82) is 5.26 Å². The first-order valence-electron chi connectivity index (χ1n) is 6.64. The molecular weight excluding hydrogens is 274 g/mol. The maximum Gasteiger partial charge on any atom is 0.273 e. The fourth-order valence-corrected chi connectivity index (χ4v) is 2.29. The van der Waals surface area contributed by atoms with Crippen molar-refractivity contribution in [2.24, 2.45) is 0 Å². The Kier molecular flexibility index (Phi) is 4.50. The number of hydrogen-bond acceptors (Lipinski definition) is 5. The second kappa shape index (κ2) is 6.33. The van der Waals surface area contributed by atoms with E-state index in [-0.39, 0.29) is 23.8 Å². The quantitative estimate of drug-likeness (QED) is 0.621. The molecule has 0 spiro atoms. The molecule has 1 aliphatic rings. The van der Waals surface area contributed by atoms with Gasteiger partial charge in [-0.2, -0.15) is 5.26 Å². The summed E-state index contributed by atoms with van der Waals surface area (Å²) in [4.78, 5) is 24.4. The highest BCUT2D eigenvalue weighted by Gasteiger charge is 2.29. The number of benzene rings is 1. The Morgan fingerprint density at radius 3 is 3.00 bits per heavy atom. The van der Waals surface area contributed by atoms with Crippen LogP contribution in [0, 0.1) is 21.4 Å². The average molecular weight is 289 g/mol. The zero-order valence-corrected chi connectivity index (χ0v) is 11.6. The van der Waals surface area contributed by atoms with Gasteiger partial charge < -0.3 is 9.64 Å². The summed E-state index contributed by atoms with van der Waals surface area (Å²) in [5.41, 5.74) is 0.738. The molecule has 0 radical (unpaired) electrons. The number of nitriles is 1. The smallest absolute Gasteiger partial charge is 0.273 e. The normalized spacial score (nSPS) is 18.1. The molecule has 1 aromatic rings. The molecule has 1 aliphatic heterocycles. The second-order valence-corrected chi connectivity index (χ2v) is 4.67. The van der Waals surface area contributed by atoms with Gasteiger partial charge in [0.15, 0.2) is 0 Å². The number of carbonyl (C=O) groups excluding carboxylic acids is 1. The van der Waals surface area contributed by atoms with Gasteiger partial charge in [0.2, 0.25) is 0 Å². The molecule has 1 amide bonds. The molecule has 0 bridgehead atoms. The van der Waals surface area contributed by atoms with Gasteiger partial charge in [-0.3, -0.25) is 14.9 Å². The van der Waals surface area contributed by atoms with Crippen LogP contribution in [-0.4, -0.2) is 41.5 Å². The predicted octanol–water partition coefficient (Wildman–Crippen LogP) is 1.52. The van der Waals surface area contributed by atoms with Crippen LogP contribution in [-0.2, 0) is 11.2 Å². The summed E-state index contributed by atoms with van der Waals surface area (Å²) in [6.07, 6.45) is 0.517. The molecular formula is C14H15N3O4. The molecule has 2 rings (SSSR count).